The lowest BCUT2D eigenvalue weighted by molar-refractivity contribution is -0.131. The van der Waals surface area contributed by atoms with Gasteiger partial charge in [0, 0.05) is 32.6 Å². The molecule has 0 aliphatic carbocycles. The molecule has 0 bridgehead atoms. The first-order chi connectivity index (χ1) is 17.6. The second kappa shape index (κ2) is 14.4. The van der Waals surface area contributed by atoms with E-state index in [1.807, 2.05) is 6.92 Å². The van der Waals surface area contributed by atoms with E-state index in [9.17, 15) is 34.8 Å². The van der Waals surface area contributed by atoms with Gasteiger partial charge in [0.25, 0.3) is 11.8 Å². The number of unbranched alkanes of at least 4 members (excludes halogenated alkanes) is 1. The van der Waals surface area contributed by atoms with Gasteiger partial charge in [-0.1, -0.05) is 17.7 Å². The molecule has 200 valence electrons. The number of aromatic hydroxyl groups is 4. The van der Waals surface area contributed by atoms with Gasteiger partial charge in [-0.25, -0.2) is 0 Å². The fourth-order valence-corrected chi connectivity index (χ4v) is 3.56. The fraction of sp³-hybridized carbons (Fsp3) is 0.370. The zero-order valence-electron chi connectivity index (χ0n) is 21.0. The molecule has 0 unspecified atom stereocenters. The number of phenolic OH excluding ortho intramolecular Hbond substituents is 4. The Morgan fingerprint density at radius 3 is 1.76 bits per heavy atom. The molecule has 0 saturated carbocycles. The number of amides is 3. The van der Waals surface area contributed by atoms with Crippen molar-refractivity contribution < 1.29 is 34.8 Å². The average molecular weight is 514 g/mol. The maximum atomic E-state index is 12.7. The van der Waals surface area contributed by atoms with Crippen LogP contribution in [-0.4, -0.2) is 69.2 Å². The lowest BCUT2D eigenvalue weighted by Crippen LogP contribution is -2.35. The number of hydrogen-bond donors (Lipinski definition) is 6. The average Bonchev–Trinajstić information content (AvgIpc) is 2.86. The van der Waals surface area contributed by atoms with Crippen LogP contribution in [0.4, 0.5) is 0 Å². The van der Waals surface area contributed by atoms with Crippen LogP contribution in [0.1, 0.15) is 59.7 Å². The molecule has 2 aromatic rings. The van der Waals surface area contributed by atoms with Gasteiger partial charge in [-0.05, 0) is 56.9 Å². The van der Waals surface area contributed by atoms with Crippen LogP contribution in [0, 0.1) is 0 Å². The molecule has 0 radical (unpaired) electrons. The number of carbonyl (C=O) groups is 3. The molecule has 0 atom stereocenters. The Balaban J connectivity index is 1.81. The molecule has 0 aliphatic heterocycles. The maximum Gasteiger partial charge on any atom is 0.255 e. The van der Waals surface area contributed by atoms with Crippen molar-refractivity contribution in [2.75, 3.05) is 26.2 Å². The normalized spacial score (nSPS) is 10.5. The smallest absolute Gasteiger partial charge is 0.255 e. The van der Waals surface area contributed by atoms with E-state index < -0.39 is 23.3 Å². The number of phenols is 4. The Morgan fingerprint density at radius 1 is 0.757 bits per heavy atom. The second-order valence-electron chi connectivity index (χ2n) is 8.76. The number of hydrogen-bond acceptors (Lipinski definition) is 7. The van der Waals surface area contributed by atoms with Crippen molar-refractivity contribution >= 4 is 17.7 Å². The molecule has 0 heterocycles. The van der Waals surface area contributed by atoms with Crippen LogP contribution in [-0.2, 0) is 4.79 Å². The van der Waals surface area contributed by atoms with Crippen LogP contribution < -0.4 is 10.6 Å². The number of allylic oxidation sites excluding steroid dienone is 1. The number of rotatable bonds is 14. The highest BCUT2D eigenvalue weighted by Gasteiger charge is 2.16. The topological polar surface area (TPSA) is 159 Å². The number of nitrogens with zero attached hydrogens (tertiary/aromatic N) is 1. The van der Waals surface area contributed by atoms with E-state index in [1.54, 1.807) is 4.90 Å². The molecule has 2 rings (SSSR count). The zero-order chi connectivity index (χ0) is 27.4. The molecule has 6 N–H and O–H groups in total. The summed E-state index contributed by atoms with van der Waals surface area (Å²) in [6.45, 7) is 7.15. The number of carbonyl (C=O) groups excluding carboxylic acids is 3. The van der Waals surface area contributed by atoms with E-state index in [1.165, 1.54) is 36.4 Å². The number of nitrogens with one attached hydrogen (secondary N) is 2. The maximum absolute atomic E-state index is 12.7. The van der Waals surface area contributed by atoms with E-state index in [0.29, 0.717) is 51.7 Å². The first kappa shape index (κ1) is 29.0. The molecular formula is C27H35N3O7. The molecule has 10 nitrogen and oxygen atoms in total. The van der Waals surface area contributed by atoms with Gasteiger partial charge < -0.3 is 36.0 Å². The van der Waals surface area contributed by atoms with Crippen LogP contribution in [0.25, 0.3) is 0 Å². The third-order valence-electron chi connectivity index (χ3n) is 5.67. The molecule has 3 amide bonds. The molecule has 37 heavy (non-hydrogen) atoms. The van der Waals surface area contributed by atoms with Crippen LogP contribution in [0.15, 0.2) is 48.6 Å². The Morgan fingerprint density at radius 2 is 1.24 bits per heavy atom. The van der Waals surface area contributed by atoms with Crippen molar-refractivity contribution in [3.8, 4) is 23.0 Å². The minimum absolute atomic E-state index is 0.0160. The van der Waals surface area contributed by atoms with Gasteiger partial charge in [0.2, 0.25) is 5.91 Å². The molecule has 0 fully saturated rings. The minimum atomic E-state index is -0.526. The molecule has 0 saturated heterocycles. The van der Waals surface area contributed by atoms with Crippen molar-refractivity contribution in [2.45, 2.75) is 39.0 Å². The van der Waals surface area contributed by atoms with Crippen molar-refractivity contribution in [2.24, 2.45) is 0 Å². The van der Waals surface area contributed by atoms with Crippen LogP contribution in [0.5, 0.6) is 23.0 Å². The largest absolute Gasteiger partial charge is 0.504 e. The third kappa shape index (κ3) is 9.06. The summed E-state index contributed by atoms with van der Waals surface area (Å²) >= 11 is 0. The van der Waals surface area contributed by atoms with Gasteiger partial charge >= 0.3 is 0 Å². The minimum Gasteiger partial charge on any atom is -0.504 e. The van der Waals surface area contributed by atoms with Crippen molar-refractivity contribution in [3.05, 3.63) is 59.7 Å². The highest BCUT2D eigenvalue weighted by molar-refractivity contribution is 5.98. The molecule has 0 aliphatic rings. The van der Waals surface area contributed by atoms with E-state index in [0.717, 1.165) is 5.57 Å². The highest BCUT2D eigenvalue weighted by Crippen LogP contribution is 2.28. The summed E-state index contributed by atoms with van der Waals surface area (Å²) in [7, 11) is 0. The SMILES string of the molecule is C=C(C)CCC(=O)N(CCCCNC(=O)c1cccc(O)c1O)CCCNC(=O)c1cccc(O)c1O. The Hall–Kier alpha value is -4.21. The fourth-order valence-electron chi connectivity index (χ4n) is 3.56. The summed E-state index contributed by atoms with van der Waals surface area (Å²) in [5, 5.41) is 44.1. The van der Waals surface area contributed by atoms with Crippen LogP contribution >= 0.6 is 0 Å². The lowest BCUT2D eigenvalue weighted by atomic mass is 10.1. The lowest BCUT2D eigenvalue weighted by Gasteiger charge is -2.23. The van der Waals surface area contributed by atoms with Crippen LogP contribution in [0.3, 0.4) is 0 Å². The number of benzene rings is 2. The molecule has 10 heteroatoms. The molecular weight excluding hydrogens is 478 g/mol. The predicted molar refractivity (Wildman–Crippen MR) is 139 cm³/mol. The van der Waals surface area contributed by atoms with E-state index in [2.05, 4.69) is 17.2 Å². The van der Waals surface area contributed by atoms with Gasteiger partial charge in [0.05, 0.1) is 11.1 Å². The van der Waals surface area contributed by atoms with E-state index >= 15 is 0 Å². The van der Waals surface area contributed by atoms with Gasteiger partial charge in [0.15, 0.2) is 23.0 Å². The predicted octanol–water partition coefficient (Wildman–Crippen LogP) is 3.02. The first-order valence-electron chi connectivity index (χ1n) is 12.1. The second-order valence-corrected chi connectivity index (χ2v) is 8.76. The summed E-state index contributed by atoms with van der Waals surface area (Å²) < 4.78 is 0. The zero-order valence-corrected chi connectivity index (χ0v) is 21.0. The first-order valence-corrected chi connectivity index (χ1v) is 12.1. The summed E-state index contributed by atoms with van der Waals surface area (Å²) in [6.07, 6.45) is 2.59. The molecule has 0 spiro atoms. The van der Waals surface area contributed by atoms with Gasteiger partial charge in [-0.2, -0.15) is 0 Å². The van der Waals surface area contributed by atoms with E-state index in [4.69, 9.17) is 0 Å². The van der Waals surface area contributed by atoms with Crippen molar-refractivity contribution in [1.82, 2.24) is 15.5 Å². The Labute approximate surface area is 216 Å². The Kier molecular flexibility index (Phi) is 11.3. The highest BCUT2D eigenvalue weighted by atomic mass is 16.3. The van der Waals surface area contributed by atoms with Crippen LogP contribution in [0.2, 0.25) is 0 Å². The van der Waals surface area contributed by atoms with Crippen molar-refractivity contribution in [3.63, 3.8) is 0 Å². The van der Waals surface area contributed by atoms with E-state index in [-0.39, 0.29) is 35.1 Å². The quantitative estimate of drug-likeness (QED) is 0.129. The van der Waals surface area contributed by atoms with Gasteiger partial charge in [-0.3, -0.25) is 14.4 Å². The summed E-state index contributed by atoms with van der Waals surface area (Å²) in [4.78, 5) is 38.9. The summed E-state index contributed by atoms with van der Waals surface area (Å²) in [6, 6.07) is 8.30. The summed E-state index contributed by atoms with van der Waals surface area (Å²) in [5.41, 5.74) is 0.859. The number of para-hydroxylation sites is 2. The molecule has 2 aromatic carbocycles. The third-order valence-corrected chi connectivity index (χ3v) is 5.67. The molecule has 0 aromatic heterocycles. The van der Waals surface area contributed by atoms with Gasteiger partial charge in [-0.15, -0.1) is 6.58 Å². The monoisotopic (exact) mass is 513 g/mol. The summed E-state index contributed by atoms with van der Waals surface area (Å²) in [5.74, 6) is -2.76. The van der Waals surface area contributed by atoms with Crippen molar-refractivity contribution in [1.29, 1.82) is 0 Å². The standard InChI is InChI=1S/C27H35N3O7/c1-18(2)12-13-23(33)30(17-7-15-29-27(37)20-9-6-11-22(32)25(20)35)16-4-3-14-28-26(36)19-8-5-10-21(31)24(19)34/h5-6,8-11,31-32,34-35H,1,3-4,7,12-17H2,2H3,(H,28,36)(H,29,37). The van der Waals surface area contributed by atoms with Gasteiger partial charge in [0.1, 0.15) is 0 Å². The Bertz CT molecular complexity index is 1120.